The third-order valence-electron chi connectivity index (χ3n) is 6.16. The number of unbranched alkanes of at least 4 members (excludes halogenated alkanes) is 13. The van der Waals surface area contributed by atoms with E-state index in [2.05, 4.69) is 11.7 Å². The van der Waals surface area contributed by atoms with E-state index in [1.54, 1.807) is 0 Å². The molecule has 0 aromatic rings. The van der Waals surface area contributed by atoms with E-state index in [1.165, 1.54) is 77.7 Å². The molecule has 0 saturated carbocycles. The molecule has 9 nitrogen and oxygen atoms in total. The first-order valence-corrected chi connectivity index (χ1v) is 15.5. The molecule has 10 heteroatoms. The van der Waals surface area contributed by atoms with Crippen molar-refractivity contribution in [3.8, 4) is 0 Å². The van der Waals surface area contributed by atoms with Crippen molar-refractivity contribution in [2.45, 2.75) is 128 Å². The maximum absolute atomic E-state index is 12.3. The summed E-state index contributed by atoms with van der Waals surface area (Å²) in [5, 5.41) is 9.81. The molecule has 0 spiro atoms. The van der Waals surface area contributed by atoms with Crippen molar-refractivity contribution >= 4 is 13.8 Å². The number of rotatable bonds is 27. The molecular formula is C26H54NO8P. The van der Waals surface area contributed by atoms with Gasteiger partial charge in [-0.15, -0.1) is 0 Å². The fourth-order valence-corrected chi connectivity index (χ4v) is 5.03. The summed E-state index contributed by atoms with van der Waals surface area (Å²) in [5.74, 6) is -0.343. The molecule has 0 aliphatic carbocycles. The quantitative estimate of drug-likeness (QED) is 0.0687. The Bertz CT molecular complexity index is 552. The average molecular weight is 540 g/mol. The van der Waals surface area contributed by atoms with Crippen LogP contribution in [0.25, 0.3) is 0 Å². The number of phosphoric ester groups is 1. The molecule has 1 unspecified atom stereocenters. The van der Waals surface area contributed by atoms with Gasteiger partial charge in [0.2, 0.25) is 0 Å². The number of aliphatic hydroxyl groups is 1. The largest absolute Gasteiger partial charge is 0.472 e. The highest BCUT2D eigenvalue weighted by Crippen LogP contribution is 2.45. The highest BCUT2D eigenvalue weighted by Gasteiger charge is 2.32. The van der Waals surface area contributed by atoms with Crippen LogP contribution in [-0.4, -0.2) is 61.7 Å². The molecule has 0 rings (SSSR count). The first-order valence-electron chi connectivity index (χ1n) is 14.0. The first kappa shape index (κ1) is 35.5. The molecule has 216 valence electrons. The Labute approximate surface area is 219 Å². The van der Waals surface area contributed by atoms with E-state index in [0.29, 0.717) is 12.8 Å². The minimum absolute atomic E-state index is 0.0883. The molecular weight excluding hydrogens is 485 g/mol. The van der Waals surface area contributed by atoms with Crippen LogP contribution in [-0.2, 0) is 27.9 Å². The van der Waals surface area contributed by atoms with E-state index in [-0.39, 0.29) is 38.8 Å². The summed E-state index contributed by atoms with van der Waals surface area (Å²) in [6.07, 6.45) is 16.7. The molecule has 0 bridgehead atoms. The number of carbonyl (C=O) groups excluding carboxylic acids is 1. The van der Waals surface area contributed by atoms with Gasteiger partial charge < -0.3 is 25.2 Å². The van der Waals surface area contributed by atoms with Gasteiger partial charge in [0.25, 0.3) is 0 Å². The summed E-state index contributed by atoms with van der Waals surface area (Å²) in [5.41, 5.74) is 5.35. The lowest BCUT2D eigenvalue weighted by molar-refractivity contribution is -0.141. The Kier molecular flexibility index (Phi) is 24.4. The van der Waals surface area contributed by atoms with Crippen molar-refractivity contribution in [3.63, 3.8) is 0 Å². The molecule has 3 atom stereocenters. The number of nitrogens with two attached hydrogens (primary N) is 1. The van der Waals surface area contributed by atoms with Gasteiger partial charge in [-0.3, -0.25) is 13.8 Å². The Hall–Kier alpha value is -0.540. The van der Waals surface area contributed by atoms with Crippen LogP contribution in [0.4, 0.5) is 0 Å². The van der Waals surface area contributed by atoms with Crippen LogP contribution >= 0.6 is 7.82 Å². The van der Waals surface area contributed by atoms with E-state index in [0.717, 1.165) is 19.3 Å². The van der Waals surface area contributed by atoms with Gasteiger partial charge in [-0.2, -0.15) is 0 Å². The topological polar surface area (TPSA) is 138 Å². The highest BCUT2D eigenvalue weighted by molar-refractivity contribution is 7.47. The summed E-state index contributed by atoms with van der Waals surface area (Å²) in [7, 11) is -3.01. The van der Waals surface area contributed by atoms with Crippen LogP contribution in [0.1, 0.15) is 116 Å². The summed E-state index contributed by atoms with van der Waals surface area (Å²) < 4.78 is 32.8. The summed E-state index contributed by atoms with van der Waals surface area (Å²) in [6, 6.07) is 0. The molecule has 0 heterocycles. The standard InChI is InChI=1S/C26H54NO8P/c1-3-4-5-6-7-8-9-10-11-12-13-14-15-16-18-24(35-36(30,31)34-22-20-27)25(23-28)33-21-17-19-26(29)32-2/h24-25,28H,3-23,27H2,1-2H3,(H,30,31)/t24-,25+/m1/s1. The fraction of sp³-hybridized carbons (Fsp3) is 0.962. The molecule has 4 N–H and O–H groups in total. The van der Waals surface area contributed by atoms with Crippen LogP contribution in [0.2, 0.25) is 0 Å². The van der Waals surface area contributed by atoms with Crippen LogP contribution in [0.5, 0.6) is 0 Å². The van der Waals surface area contributed by atoms with Crippen molar-refractivity contribution in [1.82, 2.24) is 0 Å². The van der Waals surface area contributed by atoms with Gasteiger partial charge in [0.15, 0.2) is 0 Å². The molecule has 0 aromatic carbocycles. The van der Waals surface area contributed by atoms with E-state index in [4.69, 9.17) is 19.5 Å². The minimum Gasteiger partial charge on any atom is -0.469 e. The zero-order chi connectivity index (χ0) is 26.9. The van der Waals surface area contributed by atoms with Crippen molar-refractivity contribution in [3.05, 3.63) is 0 Å². The maximum Gasteiger partial charge on any atom is 0.472 e. The number of phosphoric acid groups is 1. The lowest BCUT2D eigenvalue weighted by Gasteiger charge is -2.27. The number of hydrogen-bond donors (Lipinski definition) is 3. The third-order valence-corrected chi connectivity index (χ3v) is 7.21. The number of methoxy groups -OCH3 is 1. The van der Waals surface area contributed by atoms with E-state index < -0.39 is 20.0 Å². The van der Waals surface area contributed by atoms with Crippen molar-refractivity contribution < 1.29 is 37.9 Å². The molecule has 0 aromatic heterocycles. The first-order chi connectivity index (χ1) is 17.4. The van der Waals surface area contributed by atoms with Crippen LogP contribution in [0, 0.1) is 0 Å². The van der Waals surface area contributed by atoms with Gasteiger partial charge in [0.05, 0.1) is 26.4 Å². The van der Waals surface area contributed by atoms with Crippen molar-refractivity contribution in [2.75, 3.05) is 33.5 Å². The predicted octanol–water partition coefficient (Wildman–Crippen LogP) is 5.65. The second-order valence-corrected chi connectivity index (χ2v) is 10.8. The van der Waals surface area contributed by atoms with E-state index >= 15 is 0 Å². The van der Waals surface area contributed by atoms with Crippen molar-refractivity contribution in [1.29, 1.82) is 0 Å². The SMILES string of the molecule is CCCCCCCCCCCCCCCC[C@@H](OP(=O)(O)OCCN)[C@H](CO)OCCCC(=O)OC. The Balaban J connectivity index is 4.27. The molecule has 0 aliphatic heterocycles. The Morgan fingerprint density at radius 3 is 1.83 bits per heavy atom. The zero-order valence-corrected chi connectivity index (χ0v) is 23.8. The van der Waals surface area contributed by atoms with Gasteiger partial charge in [-0.05, 0) is 12.8 Å². The normalized spacial score (nSPS) is 14.9. The van der Waals surface area contributed by atoms with Crippen LogP contribution in [0.3, 0.4) is 0 Å². The van der Waals surface area contributed by atoms with Gasteiger partial charge >= 0.3 is 13.8 Å². The van der Waals surface area contributed by atoms with E-state index in [9.17, 15) is 19.4 Å². The van der Waals surface area contributed by atoms with Crippen molar-refractivity contribution in [2.24, 2.45) is 5.73 Å². The summed E-state index contributed by atoms with van der Waals surface area (Å²) in [4.78, 5) is 21.3. The zero-order valence-electron chi connectivity index (χ0n) is 22.9. The van der Waals surface area contributed by atoms with Gasteiger partial charge in [0.1, 0.15) is 6.10 Å². The lowest BCUT2D eigenvalue weighted by Crippen LogP contribution is -2.35. The van der Waals surface area contributed by atoms with Crippen LogP contribution < -0.4 is 5.73 Å². The molecule has 0 fully saturated rings. The smallest absolute Gasteiger partial charge is 0.469 e. The fourth-order valence-electron chi connectivity index (χ4n) is 4.05. The maximum atomic E-state index is 12.3. The second-order valence-electron chi connectivity index (χ2n) is 9.39. The number of esters is 1. The third kappa shape index (κ3) is 21.5. The number of carbonyl (C=O) groups is 1. The van der Waals surface area contributed by atoms with Gasteiger partial charge in [-0.1, -0.05) is 96.8 Å². The minimum atomic E-state index is -4.33. The number of ether oxygens (including phenoxy) is 2. The average Bonchev–Trinajstić information content (AvgIpc) is 2.86. The molecule has 0 aliphatic rings. The van der Waals surface area contributed by atoms with Gasteiger partial charge in [0, 0.05) is 19.6 Å². The Morgan fingerprint density at radius 2 is 1.36 bits per heavy atom. The predicted molar refractivity (Wildman–Crippen MR) is 143 cm³/mol. The second kappa shape index (κ2) is 24.8. The number of aliphatic hydroxyl groups excluding tert-OH is 1. The molecule has 0 amide bonds. The molecule has 0 saturated heterocycles. The van der Waals surface area contributed by atoms with Gasteiger partial charge in [-0.25, -0.2) is 4.57 Å². The van der Waals surface area contributed by atoms with Crippen LogP contribution in [0.15, 0.2) is 0 Å². The number of hydrogen-bond acceptors (Lipinski definition) is 8. The monoisotopic (exact) mass is 539 g/mol. The lowest BCUT2D eigenvalue weighted by atomic mass is 10.0. The molecule has 36 heavy (non-hydrogen) atoms. The Morgan fingerprint density at radius 1 is 0.833 bits per heavy atom. The summed E-state index contributed by atoms with van der Waals surface area (Å²) in [6.45, 7) is 2.04. The van der Waals surface area contributed by atoms with E-state index in [1.807, 2.05) is 0 Å². The molecule has 0 radical (unpaired) electrons. The highest BCUT2D eigenvalue weighted by atomic mass is 31.2. The summed E-state index contributed by atoms with van der Waals surface area (Å²) >= 11 is 0.